The van der Waals surface area contributed by atoms with Crippen LogP contribution in [-0.2, 0) is 8.85 Å². The first-order chi connectivity index (χ1) is 10.6. The topological polar surface area (TPSA) is 18.5 Å². The molecular weight excluding hydrogens is 320 g/mol. The zero-order chi connectivity index (χ0) is 16.9. The largest absolute Gasteiger partial charge is 0.392 e. The van der Waals surface area contributed by atoms with Crippen molar-refractivity contribution < 1.29 is 8.85 Å². The quantitative estimate of drug-likeness (QED) is 0.615. The van der Waals surface area contributed by atoms with E-state index in [-0.39, 0.29) is 16.2 Å². The van der Waals surface area contributed by atoms with Crippen molar-refractivity contribution in [2.75, 3.05) is 6.61 Å². The Bertz CT molecular complexity index is 584. The lowest BCUT2D eigenvalue weighted by Crippen LogP contribution is -2.63. The summed E-state index contributed by atoms with van der Waals surface area (Å²) in [5, 5.41) is 0.476. The summed E-state index contributed by atoms with van der Waals surface area (Å²) in [5.41, 5.74) is 1.29. The van der Waals surface area contributed by atoms with Gasteiger partial charge in [-0.1, -0.05) is 71.9 Å². The molecule has 0 amide bonds. The van der Waals surface area contributed by atoms with Gasteiger partial charge in [0.25, 0.3) is 0 Å². The van der Waals surface area contributed by atoms with Crippen molar-refractivity contribution in [2.45, 2.75) is 63.0 Å². The van der Waals surface area contributed by atoms with Gasteiger partial charge in [0.15, 0.2) is 0 Å². The number of thioether (sulfide) groups is 1. The molecule has 4 heteroatoms. The summed E-state index contributed by atoms with van der Waals surface area (Å²) in [6.45, 7) is 14.4. The average Bonchev–Trinajstić information content (AvgIpc) is 2.88. The number of rotatable bonds is 1. The van der Waals surface area contributed by atoms with Crippen molar-refractivity contribution in [3.05, 3.63) is 42.0 Å². The molecule has 0 radical (unpaired) electrons. The number of benzene rings is 1. The number of fused-ring (bicyclic) bond motifs is 1. The van der Waals surface area contributed by atoms with E-state index in [2.05, 4.69) is 78.0 Å². The van der Waals surface area contributed by atoms with Crippen LogP contribution < -0.4 is 0 Å². The Morgan fingerprint density at radius 3 is 2.17 bits per heavy atom. The second-order valence-electron chi connectivity index (χ2n) is 8.56. The zero-order valence-electron chi connectivity index (χ0n) is 15.1. The Labute approximate surface area is 145 Å². The fourth-order valence-electron chi connectivity index (χ4n) is 3.87. The molecule has 1 aromatic carbocycles. The Balaban J connectivity index is 1.91. The highest BCUT2D eigenvalue weighted by molar-refractivity contribution is 8.09. The Morgan fingerprint density at radius 1 is 1.00 bits per heavy atom. The minimum Gasteiger partial charge on any atom is -0.392 e. The van der Waals surface area contributed by atoms with Gasteiger partial charge in [0, 0.05) is 15.0 Å². The first kappa shape index (κ1) is 17.3. The van der Waals surface area contributed by atoms with Crippen molar-refractivity contribution in [3.8, 4) is 0 Å². The molecule has 2 aliphatic heterocycles. The van der Waals surface area contributed by atoms with Crippen LogP contribution in [0.2, 0.25) is 10.1 Å². The van der Waals surface area contributed by atoms with Gasteiger partial charge in [0.1, 0.15) is 0 Å². The van der Waals surface area contributed by atoms with Gasteiger partial charge >= 0.3 is 8.56 Å². The van der Waals surface area contributed by atoms with Gasteiger partial charge in [-0.15, -0.1) is 11.8 Å². The molecule has 0 aromatic heterocycles. The maximum atomic E-state index is 6.80. The van der Waals surface area contributed by atoms with Crippen LogP contribution in [0.15, 0.2) is 36.4 Å². The van der Waals surface area contributed by atoms with Crippen molar-refractivity contribution in [1.82, 2.24) is 0 Å². The molecule has 0 saturated carbocycles. The van der Waals surface area contributed by atoms with Crippen LogP contribution >= 0.6 is 11.8 Å². The lowest BCUT2D eigenvalue weighted by atomic mass is 10.1. The Kier molecular flexibility index (Phi) is 4.33. The highest BCUT2D eigenvalue weighted by Gasteiger charge is 2.62. The predicted octanol–water partition coefficient (Wildman–Crippen LogP) is 5.60. The lowest BCUT2D eigenvalue weighted by Gasteiger charge is -2.53. The first-order valence-corrected chi connectivity index (χ1v) is 11.1. The van der Waals surface area contributed by atoms with Gasteiger partial charge in [-0.2, -0.15) is 0 Å². The Hall–Kier alpha value is -0.553. The van der Waals surface area contributed by atoms with Gasteiger partial charge in [0.05, 0.1) is 18.0 Å². The maximum Gasteiger partial charge on any atom is 0.349 e. The van der Waals surface area contributed by atoms with Crippen LogP contribution in [0.25, 0.3) is 4.91 Å². The summed E-state index contributed by atoms with van der Waals surface area (Å²) in [5.74, 6) is 0. The molecule has 0 unspecified atom stereocenters. The molecule has 2 heterocycles. The molecule has 0 aliphatic carbocycles. The molecule has 1 saturated heterocycles. The van der Waals surface area contributed by atoms with Gasteiger partial charge in [0.2, 0.25) is 0 Å². The van der Waals surface area contributed by atoms with Crippen LogP contribution in [-0.4, -0.2) is 26.5 Å². The first-order valence-electron chi connectivity index (χ1n) is 8.40. The van der Waals surface area contributed by atoms with Crippen molar-refractivity contribution in [1.29, 1.82) is 0 Å². The molecule has 0 spiro atoms. The summed E-state index contributed by atoms with van der Waals surface area (Å²) in [7, 11) is -2.36. The highest BCUT2D eigenvalue weighted by atomic mass is 32.2. The SMILES string of the molecule is CC(C)(C)[Si]1(C(C)(C)C)OC[C@H]2SC(c3ccccc3)=C[C@@H]2O1. The normalized spacial score (nSPS) is 27.5. The molecule has 0 bridgehead atoms. The molecule has 2 atom stereocenters. The van der Waals surface area contributed by atoms with E-state index in [0.29, 0.717) is 5.25 Å². The van der Waals surface area contributed by atoms with E-state index >= 15 is 0 Å². The van der Waals surface area contributed by atoms with Crippen LogP contribution in [0.5, 0.6) is 0 Å². The third-order valence-corrected chi connectivity index (χ3v) is 11.2. The van der Waals surface area contributed by atoms with Crippen molar-refractivity contribution in [3.63, 3.8) is 0 Å². The van der Waals surface area contributed by atoms with E-state index in [1.807, 2.05) is 11.8 Å². The molecule has 0 N–H and O–H groups in total. The van der Waals surface area contributed by atoms with E-state index in [4.69, 9.17) is 8.85 Å². The third kappa shape index (κ3) is 2.95. The Morgan fingerprint density at radius 2 is 1.61 bits per heavy atom. The fraction of sp³-hybridized carbons (Fsp3) is 0.579. The molecule has 126 valence electrons. The van der Waals surface area contributed by atoms with Gasteiger partial charge in [-0.25, -0.2) is 0 Å². The van der Waals surface area contributed by atoms with Crippen LogP contribution in [0.1, 0.15) is 47.1 Å². The highest BCUT2D eigenvalue weighted by Crippen LogP contribution is 2.56. The molecule has 3 rings (SSSR count). The minimum atomic E-state index is -2.36. The molecule has 1 aromatic rings. The van der Waals surface area contributed by atoms with Gasteiger partial charge < -0.3 is 8.85 Å². The minimum absolute atomic E-state index is 0.0459. The van der Waals surface area contributed by atoms with E-state index in [9.17, 15) is 0 Å². The molecule has 1 fully saturated rings. The second kappa shape index (κ2) is 5.76. The van der Waals surface area contributed by atoms with E-state index < -0.39 is 8.56 Å². The average molecular weight is 349 g/mol. The van der Waals surface area contributed by atoms with Crippen LogP contribution in [0, 0.1) is 0 Å². The standard InChI is InChI=1S/C19H28O2SSi/c1-18(2,3)23(19(4,5)6)20-13-17-15(21-23)12-16(22-17)14-10-8-7-9-11-14/h7-12,15,17H,13H2,1-6H3/t15-,17+/m0/s1. The molecular formula is C19H28O2SSi. The zero-order valence-corrected chi connectivity index (χ0v) is 16.9. The van der Waals surface area contributed by atoms with Crippen LogP contribution in [0.4, 0.5) is 0 Å². The summed E-state index contributed by atoms with van der Waals surface area (Å²) in [6, 6.07) is 10.6. The summed E-state index contributed by atoms with van der Waals surface area (Å²) >= 11 is 1.90. The van der Waals surface area contributed by atoms with Gasteiger partial charge in [-0.05, 0) is 11.6 Å². The monoisotopic (exact) mass is 348 g/mol. The van der Waals surface area contributed by atoms with Crippen LogP contribution in [0.3, 0.4) is 0 Å². The summed E-state index contributed by atoms with van der Waals surface area (Å²) in [4.78, 5) is 1.33. The third-order valence-electron chi connectivity index (χ3n) is 4.75. The second-order valence-corrected chi connectivity index (χ2v) is 14.6. The van der Waals surface area contributed by atoms with Crippen molar-refractivity contribution >= 4 is 25.2 Å². The van der Waals surface area contributed by atoms with Crippen molar-refractivity contribution in [2.24, 2.45) is 0 Å². The van der Waals surface area contributed by atoms with E-state index in [1.54, 1.807) is 0 Å². The number of hydrogen-bond donors (Lipinski definition) is 0. The maximum absolute atomic E-state index is 6.80. The fourth-order valence-corrected chi connectivity index (χ4v) is 10.2. The van der Waals surface area contributed by atoms with E-state index in [0.717, 1.165) is 6.61 Å². The summed E-state index contributed by atoms with van der Waals surface area (Å²) < 4.78 is 13.4. The molecule has 23 heavy (non-hydrogen) atoms. The summed E-state index contributed by atoms with van der Waals surface area (Å²) in [6.07, 6.45) is 2.50. The predicted molar refractivity (Wildman–Crippen MR) is 102 cm³/mol. The molecule has 2 nitrogen and oxygen atoms in total. The van der Waals surface area contributed by atoms with Gasteiger partial charge in [-0.3, -0.25) is 0 Å². The number of hydrogen-bond acceptors (Lipinski definition) is 3. The lowest BCUT2D eigenvalue weighted by molar-refractivity contribution is 0.0491. The van der Waals surface area contributed by atoms with E-state index in [1.165, 1.54) is 10.5 Å². The molecule has 2 aliphatic rings. The smallest absolute Gasteiger partial charge is 0.349 e.